The number of carbonyl (C=O) groups is 1. The molecule has 0 fully saturated rings. The Hall–Kier alpha value is -2.62. The van der Waals surface area contributed by atoms with Gasteiger partial charge in [0.05, 0.1) is 40.0 Å². The zero-order valence-electron chi connectivity index (χ0n) is 15.4. The van der Waals surface area contributed by atoms with Gasteiger partial charge in [0.15, 0.2) is 5.13 Å². The van der Waals surface area contributed by atoms with Gasteiger partial charge in [-0.05, 0) is 31.5 Å². The maximum absolute atomic E-state index is 12.8. The second-order valence-electron chi connectivity index (χ2n) is 6.12. The van der Waals surface area contributed by atoms with E-state index in [4.69, 9.17) is 4.74 Å². The molecule has 144 valence electrons. The molecule has 0 spiro atoms. The topological polar surface area (TPSA) is 86.1 Å². The number of aromatic nitrogens is 3. The highest BCUT2D eigenvalue weighted by Gasteiger charge is 2.20. The fourth-order valence-corrected chi connectivity index (χ4v) is 4.82. The summed E-state index contributed by atoms with van der Waals surface area (Å²) < 4.78 is 7.84. The number of rotatable bonds is 6. The Kier molecular flexibility index (Phi) is 5.21. The van der Waals surface area contributed by atoms with Crippen LogP contribution in [0.1, 0.15) is 22.2 Å². The predicted octanol–water partition coefficient (Wildman–Crippen LogP) is 3.66. The van der Waals surface area contributed by atoms with Crippen LogP contribution in [0.15, 0.2) is 35.4 Å². The lowest BCUT2D eigenvalue weighted by Gasteiger charge is -2.05. The van der Waals surface area contributed by atoms with Crippen molar-refractivity contribution in [2.45, 2.75) is 20.4 Å². The lowest BCUT2D eigenvalue weighted by atomic mass is 10.2. The molecule has 3 aromatic heterocycles. The molecule has 0 unspecified atom stereocenters. The van der Waals surface area contributed by atoms with Crippen LogP contribution in [-0.4, -0.2) is 33.7 Å². The number of thiophene rings is 1. The van der Waals surface area contributed by atoms with E-state index in [1.165, 1.54) is 33.6 Å². The number of hydrogen-bond acceptors (Lipinski definition) is 7. The van der Waals surface area contributed by atoms with Crippen molar-refractivity contribution < 1.29 is 9.53 Å². The van der Waals surface area contributed by atoms with Crippen molar-refractivity contribution in [1.29, 1.82) is 0 Å². The fourth-order valence-electron chi connectivity index (χ4n) is 2.92. The molecular formula is C19H18N4O3S2. The molecule has 7 nitrogen and oxygen atoms in total. The molecule has 0 bridgehead atoms. The van der Waals surface area contributed by atoms with E-state index in [0.29, 0.717) is 45.5 Å². The summed E-state index contributed by atoms with van der Waals surface area (Å²) in [6.07, 6.45) is 1.51. The van der Waals surface area contributed by atoms with Crippen molar-refractivity contribution in [2.24, 2.45) is 0 Å². The van der Waals surface area contributed by atoms with E-state index in [1.807, 2.05) is 31.2 Å². The maximum atomic E-state index is 12.8. The molecule has 1 aromatic carbocycles. The molecule has 1 amide bonds. The Balaban J connectivity index is 1.64. The van der Waals surface area contributed by atoms with Crippen LogP contribution in [0.3, 0.4) is 0 Å². The van der Waals surface area contributed by atoms with E-state index < -0.39 is 0 Å². The van der Waals surface area contributed by atoms with Crippen LogP contribution in [0.5, 0.6) is 0 Å². The Labute approximate surface area is 168 Å². The average molecular weight is 415 g/mol. The van der Waals surface area contributed by atoms with Gasteiger partial charge in [-0.3, -0.25) is 19.5 Å². The highest BCUT2D eigenvalue weighted by molar-refractivity contribution is 7.23. The SMILES string of the molecule is CCOCCn1cnc2sc(C(=O)Nc3nc4ccccc4s3)c(C)c2c1=O. The minimum atomic E-state index is -0.278. The van der Waals surface area contributed by atoms with Gasteiger partial charge >= 0.3 is 0 Å². The monoisotopic (exact) mass is 414 g/mol. The van der Waals surface area contributed by atoms with Crippen molar-refractivity contribution >= 4 is 54.1 Å². The maximum Gasteiger partial charge on any atom is 0.267 e. The van der Waals surface area contributed by atoms with Crippen LogP contribution >= 0.6 is 22.7 Å². The molecule has 0 atom stereocenters. The van der Waals surface area contributed by atoms with Crippen molar-refractivity contribution in [2.75, 3.05) is 18.5 Å². The lowest BCUT2D eigenvalue weighted by molar-refractivity contribution is 0.103. The van der Waals surface area contributed by atoms with Gasteiger partial charge in [0, 0.05) is 6.61 Å². The molecular weight excluding hydrogens is 396 g/mol. The normalized spacial score (nSPS) is 11.4. The summed E-state index contributed by atoms with van der Waals surface area (Å²) in [6.45, 7) is 5.15. The summed E-state index contributed by atoms with van der Waals surface area (Å²) in [5.41, 5.74) is 1.33. The van der Waals surface area contributed by atoms with E-state index in [2.05, 4.69) is 15.3 Å². The molecule has 0 aliphatic heterocycles. The number of amides is 1. The van der Waals surface area contributed by atoms with Gasteiger partial charge in [-0.15, -0.1) is 11.3 Å². The van der Waals surface area contributed by atoms with E-state index in [1.54, 1.807) is 6.92 Å². The highest BCUT2D eigenvalue weighted by Crippen LogP contribution is 2.30. The zero-order chi connectivity index (χ0) is 19.7. The van der Waals surface area contributed by atoms with Gasteiger partial charge in [0.1, 0.15) is 4.83 Å². The summed E-state index contributed by atoms with van der Waals surface area (Å²) in [7, 11) is 0. The molecule has 28 heavy (non-hydrogen) atoms. The van der Waals surface area contributed by atoms with Crippen LogP contribution in [0, 0.1) is 6.92 Å². The first-order valence-electron chi connectivity index (χ1n) is 8.81. The Bertz CT molecular complexity index is 1190. The van der Waals surface area contributed by atoms with Gasteiger partial charge < -0.3 is 4.74 Å². The molecule has 3 heterocycles. The zero-order valence-corrected chi connectivity index (χ0v) is 17.0. The second-order valence-corrected chi connectivity index (χ2v) is 8.15. The third kappa shape index (κ3) is 3.44. The first kappa shape index (κ1) is 18.7. The van der Waals surface area contributed by atoms with Crippen molar-refractivity contribution in [3.63, 3.8) is 0 Å². The number of nitrogens with zero attached hydrogens (tertiary/aromatic N) is 3. The minimum absolute atomic E-state index is 0.155. The first-order valence-corrected chi connectivity index (χ1v) is 10.4. The molecule has 0 radical (unpaired) electrons. The third-order valence-corrected chi connectivity index (χ3v) is 6.47. The van der Waals surface area contributed by atoms with Gasteiger partial charge in [0.2, 0.25) is 0 Å². The van der Waals surface area contributed by atoms with Crippen LogP contribution in [0.2, 0.25) is 0 Å². The molecule has 0 saturated carbocycles. The second kappa shape index (κ2) is 7.78. The van der Waals surface area contributed by atoms with E-state index in [9.17, 15) is 9.59 Å². The average Bonchev–Trinajstić information content (AvgIpc) is 3.24. The summed E-state index contributed by atoms with van der Waals surface area (Å²) in [4.78, 5) is 35.4. The van der Waals surface area contributed by atoms with Crippen LogP contribution < -0.4 is 10.9 Å². The van der Waals surface area contributed by atoms with Gasteiger partial charge in [-0.1, -0.05) is 23.5 Å². The molecule has 0 aliphatic carbocycles. The minimum Gasteiger partial charge on any atom is -0.380 e. The van der Waals surface area contributed by atoms with Gasteiger partial charge in [-0.25, -0.2) is 9.97 Å². The van der Waals surface area contributed by atoms with Crippen molar-refractivity contribution in [3.05, 3.63) is 51.4 Å². The number of thiazole rings is 1. The number of fused-ring (bicyclic) bond motifs is 2. The molecule has 4 aromatic rings. The van der Waals surface area contributed by atoms with E-state index >= 15 is 0 Å². The number of benzene rings is 1. The van der Waals surface area contributed by atoms with Crippen LogP contribution in [0.4, 0.5) is 5.13 Å². The molecule has 0 saturated heterocycles. The standard InChI is InChI=1S/C19H18N4O3S2/c1-3-26-9-8-23-10-20-17-14(18(23)25)11(2)15(28-17)16(24)22-19-21-12-6-4-5-7-13(12)27-19/h4-7,10H,3,8-9H2,1-2H3,(H,21,22,24). The summed E-state index contributed by atoms with van der Waals surface area (Å²) >= 11 is 2.63. The Morgan fingerprint density at radius 3 is 2.89 bits per heavy atom. The number of para-hydroxylation sites is 1. The first-order chi connectivity index (χ1) is 13.6. The molecule has 9 heteroatoms. The number of ether oxygens (including phenoxy) is 1. The van der Waals surface area contributed by atoms with Crippen LogP contribution in [0.25, 0.3) is 20.4 Å². The lowest BCUT2D eigenvalue weighted by Crippen LogP contribution is -2.23. The summed E-state index contributed by atoms with van der Waals surface area (Å²) in [5, 5.41) is 3.86. The highest BCUT2D eigenvalue weighted by atomic mass is 32.1. The van der Waals surface area contributed by atoms with Crippen molar-refractivity contribution in [1.82, 2.24) is 14.5 Å². The van der Waals surface area contributed by atoms with Crippen molar-refractivity contribution in [3.8, 4) is 0 Å². The van der Waals surface area contributed by atoms with E-state index in [-0.39, 0.29) is 11.5 Å². The number of carbonyl (C=O) groups excluding carboxylic acids is 1. The Morgan fingerprint density at radius 1 is 1.29 bits per heavy atom. The number of nitrogens with one attached hydrogen (secondary N) is 1. The van der Waals surface area contributed by atoms with Crippen LogP contribution in [-0.2, 0) is 11.3 Å². The largest absolute Gasteiger partial charge is 0.380 e. The van der Waals surface area contributed by atoms with E-state index in [0.717, 1.165) is 10.2 Å². The molecule has 0 aliphatic rings. The molecule has 1 N–H and O–H groups in total. The summed E-state index contributed by atoms with van der Waals surface area (Å²) in [6, 6.07) is 7.71. The number of anilines is 1. The molecule has 4 rings (SSSR count). The Morgan fingerprint density at radius 2 is 2.11 bits per heavy atom. The number of aryl methyl sites for hydroxylation is 1. The smallest absolute Gasteiger partial charge is 0.267 e. The predicted molar refractivity (Wildman–Crippen MR) is 113 cm³/mol. The quantitative estimate of drug-likeness (QED) is 0.487. The summed E-state index contributed by atoms with van der Waals surface area (Å²) in [5.74, 6) is -0.278. The number of hydrogen-bond donors (Lipinski definition) is 1. The third-order valence-electron chi connectivity index (χ3n) is 4.32. The van der Waals surface area contributed by atoms with Gasteiger partial charge in [0.25, 0.3) is 11.5 Å². The fraction of sp³-hybridized carbons (Fsp3) is 0.263. The van der Waals surface area contributed by atoms with Gasteiger partial charge in [-0.2, -0.15) is 0 Å².